The summed E-state index contributed by atoms with van der Waals surface area (Å²) in [5, 5.41) is 14.0. The molecule has 0 fully saturated rings. The van der Waals surface area contributed by atoms with E-state index in [0.29, 0.717) is 0 Å². The number of hydrogen-bond acceptors (Lipinski definition) is 0. The van der Waals surface area contributed by atoms with Crippen LogP contribution in [0.15, 0.2) is 72.8 Å². The van der Waals surface area contributed by atoms with Crippen LogP contribution in [0.3, 0.4) is 0 Å². The first kappa shape index (κ1) is 24.4. The van der Waals surface area contributed by atoms with Crippen LogP contribution in [0.2, 0.25) is 0 Å². The van der Waals surface area contributed by atoms with E-state index < -0.39 is 0 Å². The molecule has 0 saturated heterocycles. The van der Waals surface area contributed by atoms with E-state index in [4.69, 9.17) is 0 Å². The molecule has 0 unspecified atom stereocenters. The van der Waals surface area contributed by atoms with Crippen LogP contribution in [0.25, 0.3) is 53.9 Å². The summed E-state index contributed by atoms with van der Waals surface area (Å²) in [5.41, 5.74) is 11.0. The van der Waals surface area contributed by atoms with Gasteiger partial charge < -0.3 is 0 Å². The van der Waals surface area contributed by atoms with Crippen LogP contribution in [0, 0.1) is 55.4 Å². The Morgan fingerprint density at radius 1 is 0.289 bits per heavy atom. The molecule has 0 aromatic heterocycles. The van der Waals surface area contributed by atoms with Gasteiger partial charge in [0.1, 0.15) is 0 Å². The number of hydrogen-bond donors (Lipinski definition) is 0. The Bertz CT molecular complexity index is 1810. The summed E-state index contributed by atoms with van der Waals surface area (Å²) < 4.78 is 0. The van der Waals surface area contributed by atoms with E-state index in [-0.39, 0.29) is 0 Å². The van der Waals surface area contributed by atoms with Crippen molar-refractivity contribution < 1.29 is 0 Å². The average Bonchev–Trinajstić information content (AvgIpc) is 2.89. The smallest absolute Gasteiger partial charge is 0.00213 e. The van der Waals surface area contributed by atoms with Gasteiger partial charge >= 0.3 is 0 Å². The summed E-state index contributed by atoms with van der Waals surface area (Å²) in [4.78, 5) is 0. The molecular weight excluding hydrogens is 456 g/mol. The Kier molecular flexibility index (Phi) is 5.69. The maximum atomic E-state index is 2.31. The van der Waals surface area contributed by atoms with Gasteiger partial charge in [-0.15, -0.1) is 0 Å². The van der Waals surface area contributed by atoms with Crippen LogP contribution in [0.4, 0.5) is 0 Å². The fourth-order valence-electron chi connectivity index (χ4n) is 6.65. The van der Waals surface area contributed by atoms with E-state index in [1.54, 1.807) is 0 Å². The second kappa shape index (κ2) is 8.84. The number of fused-ring (bicyclic) bond motifs is 2. The molecule has 0 aliphatic carbocycles. The third kappa shape index (κ3) is 3.66. The van der Waals surface area contributed by atoms with Crippen molar-refractivity contribution in [3.8, 4) is 0 Å². The highest BCUT2D eigenvalue weighted by Crippen LogP contribution is 2.39. The van der Waals surface area contributed by atoms with Gasteiger partial charge in [0.05, 0.1) is 0 Å². The SMILES string of the molecule is Cc1cc(C)c2ccc3c(C)cc(C)c4ccc1c2c43.Cc1ccc2c(C)c3cc(C)ccc3c(C)c2c1. The molecule has 38 heavy (non-hydrogen) atoms. The Labute approximate surface area is 226 Å². The van der Waals surface area contributed by atoms with Crippen LogP contribution in [-0.2, 0) is 0 Å². The maximum Gasteiger partial charge on any atom is -0.00213 e. The highest BCUT2D eigenvalue weighted by atomic mass is 14.2. The van der Waals surface area contributed by atoms with Crippen molar-refractivity contribution in [1.29, 1.82) is 0 Å². The largest absolute Gasteiger partial charge is 0.0587 e. The molecule has 7 aromatic rings. The first-order valence-electron chi connectivity index (χ1n) is 13.7. The van der Waals surface area contributed by atoms with E-state index in [2.05, 4.69) is 128 Å². The van der Waals surface area contributed by atoms with Gasteiger partial charge in [0.2, 0.25) is 0 Å². The normalized spacial score (nSPS) is 11.7. The van der Waals surface area contributed by atoms with Crippen molar-refractivity contribution in [3.05, 3.63) is 117 Å². The van der Waals surface area contributed by atoms with Gasteiger partial charge in [-0.3, -0.25) is 0 Å². The van der Waals surface area contributed by atoms with Crippen LogP contribution >= 0.6 is 0 Å². The fraction of sp³-hybridized carbons (Fsp3) is 0.211. The third-order valence-corrected chi connectivity index (χ3v) is 8.69. The lowest BCUT2D eigenvalue weighted by atomic mass is 9.87. The summed E-state index contributed by atoms with van der Waals surface area (Å²) in [6, 6.07) is 27.3. The van der Waals surface area contributed by atoms with Crippen LogP contribution < -0.4 is 0 Å². The zero-order valence-electron chi connectivity index (χ0n) is 23.9. The van der Waals surface area contributed by atoms with Gasteiger partial charge in [0.15, 0.2) is 0 Å². The molecule has 0 aliphatic rings. The highest BCUT2D eigenvalue weighted by Gasteiger charge is 2.14. The minimum Gasteiger partial charge on any atom is -0.0587 e. The summed E-state index contributed by atoms with van der Waals surface area (Å²) in [6.07, 6.45) is 0. The molecule has 188 valence electrons. The van der Waals surface area contributed by atoms with Gasteiger partial charge in [-0.25, -0.2) is 0 Å². The van der Waals surface area contributed by atoms with E-state index in [0.717, 1.165) is 0 Å². The first-order valence-corrected chi connectivity index (χ1v) is 13.7. The van der Waals surface area contributed by atoms with Crippen molar-refractivity contribution in [2.45, 2.75) is 55.4 Å². The molecule has 0 heterocycles. The lowest BCUT2D eigenvalue weighted by molar-refractivity contribution is 1.44. The minimum atomic E-state index is 1.33. The summed E-state index contributed by atoms with van der Waals surface area (Å²) >= 11 is 0. The number of rotatable bonds is 0. The van der Waals surface area contributed by atoms with E-state index in [9.17, 15) is 0 Å². The molecule has 0 radical (unpaired) electrons. The lowest BCUT2D eigenvalue weighted by Crippen LogP contribution is -1.92. The molecular formula is C38H36. The van der Waals surface area contributed by atoms with Crippen molar-refractivity contribution >= 4 is 53.9 Å². The molecule has 0 bridgehead atoms. The predicted molar refractivity (Wildman–Crippen MR) is 169 cm³/mol. The molecule has 0 nitrogen and oxygen atoms in total. The fourth-order valence-corrected chi connectivity index (χ4v) is 6.65. The Hall–Kier alpha value is -3.90. The third-order valence-electron chi connectivity index (χ3n) is 8.69. The zero-order valence-corrected chi connectivity index (χ0v) is 23.9. The lowest BCUT2D eigenvalue weighted by Gasteiger charge is -2.17. The summed E-state index contributed by atoms with van der Waals surface area (Å²) in [6.45, 7) is 17.7. The standard InChI is InChI=1S/C20H18.C18H18/c1-11-9-12(2)16-7-8-18-14(4)10-13(3)17-6-5-15(11)19(16)20(17)18;1-11-5-7-15-14(4)18-10-12(2)6-8-16(18)13(3)17(15)9-11/h5-10H,1-4H3;5-10H,1-4H3. The molecule has 0 saturated carbocycles. The van der Waals surface area contributed by atoms with E-state index >= 15 is 0 Å². The Balaban J connectivity index is 0.000000140. The monoisotopic (exact) mass is 492 g/mol. The second-order valence-electron chi connectivity index (χ2n) is 11.4. The predicted octanol–water partition coefficient (Wildman–Crippen LogP) is 11.0. The Morgan fingerprint density at radius 3 is 0.895 bits per heavy atom. The van der Waals surface area contributed by atoms with Crippen LogP contribution in [0.1, 0.15) is 44.5 Å². The van der Waals surface area contributed by atoms with Crippen molar-refractivity contribution in [1.82, 2.24) is 0 Å². The zero-order chi connectivity index (χ0) is 26.9. The highest BCUT2D eigenvalue weighted by molar-refractivity contribution is 6.25. The van der Waals surface area contributed by atoms with Gasteiger partial charge in [-0.2, -0.15) is 0 Å². The van der Waals surface area contributed by atoms with Crippen molar-refractivity contribution in [3.63, 3.8) is 0 Å². The van der Waals surface area contributed by atoms with Gasteiger partial charge in [0.25, 0.3) is 0 Å². The molecule has 0 heteroatoms. The van der Waals surface area contributed by atoms with E-state index in [1.807, 2.05) is 0 Å². The molecule has 7 rings (SSSR count). The van der Waals surface area contributed by atoms with Gasteiger partial charge in [0, 0.05) is 0 Å². The molecule has 0 spiro atoms. The molecule has 7 aromatic carbocycles. The van der Waals surface area contributed by atoms with Crippen molar-refractivity contribution in [2.75, 3.05) is 0 Å². The van der Waals surface area contributed by atoms with Gasteiger partial charge in [-0.05, 0) is 143 Å². The molecule has 0 atom stereocenters. The molecule has 0 amide bonds. The van der Waals surface area contributed by atoms with Gasteiger partial charge in [-0.1, -0.05) is 83.9 Å². The summed E-state index contributed by atoms with van der Waals surface area (Å²) in [7, 11) is 0. The van der Waals surface area contributed by atoms with Crippen LogP contribution in [-0.4, -0.2) is 0 Å². The number of benzene rings is 7. The summed E-state index contributed by atoms with van der Waals surface area (Å²) in [5.74, 6) is 0. The quantitative estimate of drug-likeness (QED) is 0.146. The minimum absolute atomic E-state index is 1.33. The van der Waals surface area contributed by atoms with Crippen molar-refractivity contribution in [2.24, 2.45) is 0 Å². The maximum absolute atomic E-state index is 2.31. The Morgan fingerprint density at radius 2 is 0.579 bits per heavy atom. The average molecular weight is 493 g/mol. The van der Waals surface area contributed by atoms with Crippen LogP contribution in [0.5, 0.6) is 0 Å². The van der Waals surface area contributed by atoms with E-state index in [1.165, 1.54) is 98.4 Å². The topological polar surface area (TPSA) is 0 Å². The first-order chi connectivity index (χ1) is 18.2. The number of aryl methyl sites for hydroxylation is 8. The second-order valence-corrected chi connectivity index (χ2v) is 11.4. The molecule has 0 N–H and O–H groups in total. The molecule has 0 aliphatic heterocycles.